The highest BCUT2D eigenvalue weighted by Crippen LogP contribution is 2.30. The molecule has 102 valence electrons. The fourth-order valence-electron chi connectivity index (χ4n) is 2.71. The maximum absolute atomic E-state index is 9.51. The first kappa shape index (κ1) is 12.1. The number of nitrogens with one attached hydrogen (secondary N) is 1. The number of benzene rings is 1. The van der Waals surface area contributed by atoms with Crippen molar-refractivity contribution in [3.05, 3.63) is 60.7 Å². The molecule has 0 aliphatic rings. The molecule has 0 fully saturated rings. The molecule has 3 heterocycles. The molecule has 4 rings (SSSR count). The molecule has 2 N–H and O–H groups in total. The highest BCUT2D eigenvalue weighted by atomic mass is 16.3. The van der Waals surface area contributed by atoms with E-state index >= 15 is 0 Å². The Hall–Kier alpha value is -2.72. The molecule has 0 saturated carbocycles. The lowest BCUT2D eigenvalue weighted by molar-refractivity contribution is 0.283. The van der Waals surface area contributed by atoms with Crippen LogP contribution >= 0.6 is 0 Å². The summed E-state index contributed by atoms with van der Waals surface area (Å²) in [6, 6.07) is 10.2. The number of pyridine rings is 2. The lowest BCUT2D eigenvalue weighted by Gasteiger charge is -2.05. The summed E-state index contributed by atoms with van der Waals surface area (Å²) in [7, 11) is 0. The van der Waals surface area contributed by atoms with Crippen LogP contribution in [-0.4, -0.2) is 20.1 Å². The van der Waals surface area contributed by atoms with Crippen LogP contribution in [0.25, 0.3) is 32.9 Å². The number of aliphatic hydroxyl groups excluding tert-OH is 1. The van der Waals surface area contributed by atoms with E-state index in [-0.39, 0.29) is 6.61 Å². The molecule has 1 aromatic carbocycles. The van der Waals surface area contributed by atoms with E-state index < -0.39 is 0 Å². The van der Waals surface area contributed by atoms with Crippen molar-refractivity contribution in [3.8, 4) is 11.1 Å². The van der Waals surface area contributed by atoms with Gasteiger partial charge in [-0.25, -0.2) is 4.98 Å². The summed E-state index contributed by atoms with van der Waals surface area (Å²) in [6.07, 6.45) is 7.28. The summed E-state index contributed by atoms with van der Waals surface area (Å²) in [4.78, 5) is 11.7. The van der Waals surface area contributed by atoms with Gasteiger partial charge in [0.2, 0.25) is 0 Å². The highest BCUT2D eigenvalue weighted by Gasteiger charge is 2.09. The number of nitrogens with zero attached hydrogens (tertiary/aromatic N) is 2. The molecule has 0 bridgehead atoms. The predicted molar refractivity (Wildman–Crippen MR) is 82.8 cm³/mol. The zero-order valence-electron chi connectivity index (χ0n) is 11.2. The van der Waals surface area contributed by atoms with Crippen molar-refractivity contribution in [2.75, 3.05) is 0 Å². The van der Waals surface area contributed by atoms with E-state index in [0.717, 1.165) is 38.5 Å². The molecule has 0 saturated heterocycles. The number of hydrogen-bond donors (Lipinski definition) is 2. The lowest BCUT2D eigenvalue weighted by Crippen LogP contribution is -1.85. The topological polar surface area (TPSA) is 61.8 Å². The van der Waals surface area contributed by atoms with Crippen LogP contribution in [-0.2, 0) is 6.61 Å². The highest BCUT2D eigenvalue weighted by molar-refractivity contribution is 6.07. The molecular formula is C17H13N3O. The van der Waals surface area contributed by atoms with Crippen molar-refractivity contribution in [3.63, 3.8) is 0 Å². The smallest absolute Gasteiger partial charge is 0.138 e. The standard InChI is InChI=1S/C17H13N3O/c21-10-14-9-20-17-16(14)15-6-11(3-4-13(15)8-19-17)12-2-1-5-18-7-12/h1-9,21H,10H2,(H,19,20). The Kier molecular flexibility index (Phi) is 2.69. The summed E-state index contributed by atoms with van der Waals surface area (Å²) in [5, 5.41) is 12.6. The van der Waals surface area contributed by atoms with E-state index in [1.165, 1.54) is 0 Å². The summed E-state index contributed by atoms with van der Waals surface area (Å²) in [5.74, 6) is 0. The average molecular weight is 275 g/mol. The zero-order valence-corrected chi connectivity index (χ0v) is 11.2. The van der Waals surface area contributed by atoms with Crippen molar-refractivity contribution >= 4 is 21.8 Å². The quantitative estimate of drug-likeness (QED) is 0.590. The molecule has 0 atom stereocenters. The van der Waals surface area contributed by atoms with Gasteiger partial charge in [-0.2, -0.15) is 0 Å². The third-order valence-corrected chi connectivity index (χ3v) is 3.76. The molecule has 0 amide bonds. The molecule has 0 aliphatic heterocycles. The van der Waals surface area contributed by atoms with Gasteiger partial charge in [0, 0.05) is 46.7 Å². The second-order valence-corrected chi connectivity index (χ2v) is 5.00. The number of hydrogen-bond acceptors (Lipinski definition) is 3. The molecule has 0 unspecified atom stereocenters. The minimum Gasteiger partial charge on any atom is -0.392 e. The number of rotatable bonds is 2. The van der Waals surface area contributed by atoms with Gasteiger partial charge >= 0.3 is 0 Å². The van der Waals surface area contributed by atoms with Gasteiger partial charge in [0.1, 0.15) is 5.65 Å². The van der Waals surface area contributed by atoms with Crippen LogP contribution in [0.5, 0.6) is 0 Å². The molecule has 0 radical (unpaired) electrons. The molecule has 3 aromatic heterocycles. The largest absolute Gasteiger partial charge is 0.392 e. The summed E-state index contributed by atoms with van der Waals surface area (Å²) >= 11 is 0. The number of fused-ring (bicyclic) bond motifs is 3. The molecular weight excluding hydrogens is 262 g/mol. The Morgan fingerprint density at radius 3 is 2.86 bits per heavy atom. The first-order valence-corrected chi connectivity index (χ1v) is 6.77. The second kappa shape index (κ2) is 4.68. The second-order valence-electron chi connectivity index (χ2n) is 5.00. The third kappa shape index (κ3) is 1.88. The van der Waals surface area contributed by atoms with Crippen molar-refractivity contribution in [1.29, 1.82) is 0 Å². The van der Waals surface area contributed by atoms with Gasteiger partial charge in [-0.15, -0.1) is 0 Å². The van der Waals surface area contributed by atoms with E-state index in [9.17, 15) is 5.11 Å². The SMILES string of the molecule is OCc1c[nH]c2ncc3ccc(-c4cccnc4)cc3c12. The van der Waals surface area contributed by atoms with E-state index in [1.54, 1.807) is 6.20 Å². The van der Waals surface area contributed by atoms with Gasteiger partial charge in [-0.1, -0.05) is 18.2 Å². The Morgan fingerprint density at radius 1 is 1.10 bits per heavy atom. The van der Waals surface area contributed by atoms with Crippen molar-refractivity contribution in [2.24, 2.45) is 0 Å². The molecule has 4 aromatic rings. The fraction of sp³-hybridized carbons (Fsp3) is 0.0588. The van der Waals surface area contributed by atoms with Gasteiger partial charge in [0.05, 0.1) is 6.61 Å². The van der Waals surface area contributed by atoms with E-state index in [0.29, 0.717) is 0 Å². The van der Waals surface area contributed by atoms with Crippen molar-refractivity contribution in [2.45, 2.75) is 6.61 Å². The molecule has 4 nitrogen and oxygen atoms in total. The van der Waals surface area contributed by atoms with Crippen LogP contribution in [0.1, 0.15) is 5.56 Å². The summed E-state index contributed by atoms with van der Waals surface area (Å²) < 4.78 is 0. The lowest BCUT2D eigenvalue weighted by atomic mass is 10.0. The summed E-state index contributed by atoms with van der Waals surface area (Å²) in [5.41, 5.74) is 3.85. The van der Waals surface area contributed by atoms with E-state index in [1.807, 2.05) is 30.7 Å². The number of aliphatic hydroxyl groups is 1. The number of H-pyrrole nitrogens is 1. The Morgan fingerprint density at radius 2 is 2.05 bits per heavy atom. The predicted octanol–water partition coefficient (Wildman–Crippen LogP) is 3.27. The van der Waals surface area contributed by atoms with Gasteiger partial charge in [0.15, 0.2) is 0 Å². The summed E-state index contributed by atoms with van der Waals surface area (Å²) in [6.45, 7) is -0.00207. The van der Waals surface area contributed by atoms with Crippen LogP contribution in [0.15, 0.2) is 55.1 Å². The van der Waals surface area contributed by atoms with E-state index in [4.69, 9.17) is 0 Å². The van der Waals surface area contributed by atoms with Crippen LogP contribution in [0, 0.1) is 0 Å². The minimum atomic E-state index is -0.00207. The Balaban J connectivity index is 2.05. The van der Waals surface area contributed by atoms with Crippen LogP contribution in [0.3, 0.4) is 0 Å². The van der Waals surface area contributed by atoms with Crippen LogP contribution in [0.2, 0.25) is 0 Å². The fourth-order valence-corrected chi connectivity index (χ4v) is 2.71. The van der Waals surface area contributed by atoms with Gasteiger partial charge in [-0.3, -0.25) is 4.98 Å². The average Bonchev–Trinajstić information content (AvgIpc) is 2.99. The Labute approximate surface area is 121 Å². The molecule has 21 heavy (non-hydrogen) atoms. The zero-order chi connectivity index (χ0) is 14.2. The van der Waals surface area contributed by atoms with Gasteiger partial charge < -0.3 is 10.1 Å². The van der Waals surface area contributed by atoms with Crippen molar-refractivity contribution < 1.29 is 5.11 Å². The maximum Gasteiger partial charge on any atom is 0.138 e. The number of aromatic amines is 1. The molecule has 4 heteroatoms. The van der Waals surface area contributed by atoms with Gasteiger partial charge in [0.25, 0.3) is 0 Å². The monoisotopic (exact) mass is 275 g/mol. The normalized spacial score (nSPS) is 11.3. The van der Waals surface area contributed by atoms with E-state index in [2.05, 4.69) is 33.2 Å². The molecule has 0 aliphatic carbocycles. The number of aromatic nitrogens is 3. The molecule has 0 spiro atoms. The maximum atomic E-state index is 9.51. The third-order valence-electron chi connectivity index (χ3n) is 3.76. The first-order valence-electron chi connectivity index (χ1n) is 6.77. The van der Waals surface area contributed by atoms with Crippen molar-refractivity contribution in [1.82, 2.24) is 15.0 Å². The Bertz CT molecular complexity index is 929. The first-order chi connectivity index (χ1) is 10.4. The minimum absolute atomic E-state index is 0.00207. The van der Waals surface area contributed by atoms with Crippen LogP contribution in [0.4, 0.5) is 0 Å². The van der Waals surface area contributed by atoms with Gasteiger partial charge in [-0.05, 0) is 23.1 Å². The van der Waals surface area contributed by atoms with Crippen LogP contribution < -0.4 is 0 Å².